The van der Waals surface area contributed by atoms with E-state index in [-0.39, 0.29) is 18.3 Å². The zero-order valence-electron chi connectivity index (χ0n) is 10.8. The SMILES string of the molecule is Cn1ccnc1CN1CC(CO)OC(C)(C)C1. The number of imidazole rings is 1. The van der Waals surface area contributed by atoms with Crippen molar-refractivity contribution in [3.8, 4) is 0 Å². The molecule has 5 heteroatoms. The lowest BCUT2D eigenvalue weighted by molar-refractivity contribution is -0.151. The summed E-state index contributed by atoms with van der Waals surface area (Å²) in [6.07, 6.45) is 3.66. The Hall–Kier alpha value is -0.910. The van der Waals surface area contributed by atoms with Crippen LogP contribution in [0.25, 0.3) is 0 Å². The van der Waals surface area contributed by atoms with Crippen LogP contribution < -0.4 is 0 Å². The Bertz CT molecular complexity index is 376. The van der Waals surface area contributed by atoms with E-state index in [4.69, 9.17) is 4.74 Å². The zero-order valence-corrected chi connectivity index (χ0v) is 10.8. The first-order chi connectivity index (χ1) is 8.00. The van der Waals surface area contributed by atoms with E-state index in [0.717, 1.165) is 25.5 Å². The highest BCUT2D eigenvalue weighted by molar-refractivity contribution is 4.93. The Morgan fingerprint density at radius 1 is 1.59 bits per heavy atom. The van der Waals surface area contributed by atoms with Crippen molar-refractivity contribution in [2.75, 3.05) is 19.7 Å². The number of aromatic nitrogens is 2. The maximum atomic E-state index is 9.25. The third-order valence-electron chi connectivity index (χ3n) is 3.04. The molecule has 0 spiro atoms. The molecule has 0 amide bonds. The summed E-state index contributed by atoms with van der Waals surface area (Å²) in [6, 6.07) is 0. The summed E-state index contributed by atoms with van der Waals surface area (Å²) in [5.41, 5.74) is -0.211. The van der Waals surface area contributed by atoms with Gasteiger partial charge in [0.1, 0.15) is 5.82 Å². The van der Waals surface area contributed by atoms with Gasteiger partial charge in [0.25, 0.3) is 0 Å². The van der Waals surface area contributed by atoms with Gasteiger partial charge in [-0.05, 0) is 13.8 Å². The van der Waals surface area contributed by atoms with Crippen LogP contribution in [-0.4, -0.2) is 51.0 Å². The molecule has 0 radical (unpaired) electrons. The monoisotopic (exact) mass is 239 g/mol. The van der Waals surface area contributed by atoms with Gasteiger partial charge in [-0.1, -0.05) is 0 Å². The molecule has 1 aliphatic heterocycles. The van der Waals surface area contributed by atoms with Crippen LogP contribution >= 0.6 is 0 Å². The van der Waals surface area contributed by atoms with E-state index in [9.17, 15) is 5.11 Å². The molecule has 1 atom stereocenters. The smallest absolute Gasteiger partial charge is 0.122 e. The summed E-state index contributed by atoms with van der Waals surface area (Å²) in [4.78, 5) is 6.61. The minimum atomic E-state index is -0.211. The Morgan fingerprint density at radius 2 is 2.35 bits per heavy atom. The van der Waals surface area contributed by atoms with Crippen molar-refractivity contribution in [1.82, 2.24) is 14.5 Å². The number of ether oxygens (including phenoxy) is 1. The molecule has 1 N–H and O–H groups in total. The van der Waals surface area contributed by atoms with Crippen molar-refractivity contribution >= 4 is 0 Å². The van der Waals surface area contributed by atoms with Gasteiger partial charge in [0.2, 0.25) is 0 Å². The van der Waals surface area contributed by atoms with E-state index in [1.165, 1.54) is 0 Å². The van der Waals surface area contributed by atoms with Gasteiger partial charge < -0.3 is 14.4 Å². The summed E-state index contributed by atoms with van der Waals surface area (Å²) in [5.74, 6) is 1.04. The van der Waals surface area contributed by atoms with Gasteiger partial charge in [-0.15, -0.1) is 0 Å². The molecule has 2 rings (SSSR count). The fraction of sp³-hybridized carbons (Fsp3) is 0.750. The highest BCUT2D eigenvalue weighted by Crippen LogP contribution is 2.21. The second kappa shape index (κ2) is 4.76. The van der Waals surface area contributed by atoms with Crippen LogP contribution in [0.1, 0.15) is 19.7 Å². The highest BCUT2D eigenvalue weighted by atomic mass is 16.5. The van der Waals surface area contributed by atoms with Gasteiger partial charge in [0.15, 0.2) is 0 Å². The minimum Gasteiger partial charge on any atom is -0.394 e. The van der Waals surface area contributed by atoms with Crippen LogP contribution in [0.2, 0.25) is 0 Å². The number of rotatable bonds is 3. The van der Waals surface area contributed by atoms with Gasteiger partial charge in [-0.2, -0.15) is 0 Å². The summed E-state index contributed by atoms with van der Waals surface area (Å²) < 4.78 is 7.81. The van der Waals surface area contributed by atoms with Crippen LogP contribution in [0.4, 0.5) is 0 Å². The standard InChI is InChI=1S/C12H21N3O2/c1-12(2)9-15(6-10(8-16)17-12)7-11-13-4-5-14(11)3/h4-5,10,16H,6-9H2,1-3H3. The zero-order chi connectivity index (χ0) is 12.5. The number of nitrogens with zero attached hydrogens (tertiary/aromatic N) is 3. The van der Waals surface area contributed by atoms with Gasteiger partial charge in [0.05, 0.1) is 24.9 Å². The fourth-order valence-corrected chi connectivity index (χ4v) is 2.38. The number of aliphatic hydroxyl groups is 1. The quantitative estimate of drug-likeness (QED) is 0.829. The average molecular weight is 239 g/mol. The molecule has 1 aromatic heterocycles. The van der Waals surface area contributed by atoms with E-state index in [1.807, 2.05) is 24.0 Å². The molecule has 1 fully saturated rings. The molecular weight excluding hydrogens is 218 g/mol. The Morgan fingerprint density at radius 3 is 2.94 bits per heavy atom. The van der Waals surface area contributed by atoms with Gasteiger partial charge in [-0.3, -0.25) is 4.90 Å². The molecule has 0 saturated carbocycles. The molecule has 2 heterocycles. The molecule has 1 aromatic rings. The lowest BCUT2D eigenvalue weighted by Gasteiger charge is -2.42. The van der Waals surface area contributed by atoms with E-state index in [1.54, 1.807) is 0 Å². The van der Waals surface area contributed by atoms with Crippen molar-refractivity contribution in [1.29, 1.82) is 0 Å². The Kier molecular flexibility index (Phi) is 3.51. The first kappa shape index (κ1) is 12.5. The third kappa shape index (κ3) is 3.06. The van der Waals surface area contributed by atoms with Crippen LogP contribution in [0, 0.1) is 0 Å². The summed E-state index contributed by atoms with van der Waals surface area (Å²) in [7, 11) is 2.00. The molecular formula is C12H21N3O2. The molecule has 1 unspecified atom stereocenters. The molecule has 1 aliphatic rings. The first-order valence-electron chi connectivity index (χ1n) is 5.97. The number of morpholine rings is 1. The van der Waals surface area contributed by atoms with Crippen molar-refractivity contribution in [2.45, 2.75) is 32.1 Å². The number of hydrogen-bond acceptors (Lipinski definition) is 4. The van der Waals surface area contributed by atoms with Crippen molar-refractivity contribution in [3.63, 3.8) is 0 Å². The number of hydrogen-bond donors (Lipinski definition) is 1. The summed E-state index contributed by atoms with van der Waals surface area (Å²) in [5, 5.41) is 9.25. The second-order valence-electron chi connectivity index (χ2n) is 5.31. The largest absolute Gasteiger partial charge is 0.394 e. The van der Waals surface area contributed by atoms with Gasteiger partial charge in [-0.25, -0.2) is 4.98 Å². The van der Waals surface area contributed by atoms with Crippen molar-refractivity contribution < 1.29 is 9.84 Å². The van der Waals surface area contributed by atoms with Crippen molar-refractivity contribution in [3.05, 3.63) is 18.2 Å². The second-order valence-corrected chi connectivity index (χ2v) is 5.31. The normalized spacial score (nSPS) is 25.1. The highest BCUT2D eigenvalue weighted by Gasteiger charge is 2.33. The molecule has 0 aliphatic carbocycles. The van der Waals surface area contributed by atoms with Crippen LogP contribution in [0.5, 0.6) is 0 Å². The summed E-state index contributed by atoms with van der Waals surface area (Å²) in [6.45, 7) is 6.59. The molecule has 5 nitrogen and oxygen atoms in total. The van der Waals surface area contributed by atoms with E-state index < -0.39 is 0 Å². The number of aryl methyl sites for hydroxylation is 1. The lowest BCUT2D eigenvalue weighted by atomic mass is 10.1. The van der Waals surface area contributed by atoms with E-state index >= 15 is 0 Å². The molecule has 17 heavy (non-hydrogen) atoms. The Labute approximate surface area is 102 Å². The number of aliphatic hydroxyl groups excluding tert-OH is 1. The third-order valence-corrected chi connectivity index (χ3v) is 3.04. The molecule has 0 aromatic carbocycles. The van der Waals surface area contributed by atoms with Gasteiger partial charge >= 0.3 is 0 Å². The Balaban J connectivity index is 2.03. The van der Waals surface area contributed by atoms with Crippen LogP contribution in [-0.2, 0) is 18.3 Å². The maximum Gasteiger partial charge on any atom is 0.122 e. The predicted octanol–water partition coefficient (Wildman–Crippen LogP) is 0.392. The molecule has 1 saturated heterocycles. The average Bonchev–Trinajstić information content (AvgIpc) is 2.62. The predicted molar refractivity (Wildman–Crippen MR) is 64.5 cm³/mol. The summed E-state index contributed by atoms with van der Waals surface area (Å²) >= 11 is 0. The van der Waals surface area contributed by atoms with E-state index in [2.05, 4.69) is 23.7 Å². The lowest BCUT2D eigenvalue weighted by Crippen LogP contribution is -2.53. The first-order valence-corrected chi connectivity index (χ1v) is 5.97. The topological polar surface area (TPSA) is 50.5 Å². The molecule has 0 bridgehead atoms. The van der Waals surface area contributed by atoms with Gasteiger partial charge in [0, 0.05) is 32.5 Å². The van der Waals surface area contributed by atoms with Crippen LogP contribution in [0.15, 0.2) is 12.4 Å². The fourth-order valence-electron chi connectivity index (χ4n) is 2.38. The minimum absolute atomic E-state index is 0.0699. The molecule has 96 valence electrons. The van der Waals surface area contributed by atoms with Crippen LogP contribution in [0.3, 0.4) is 0 Å². The maximum absolute atomic E-state index is 9.25. The van der Waals surface area contributed by atoms with Crippen molar-refractivity contribution in [2.24, 2.45) is 7.05 Å². The van der Waals surface area contributed by atoms with E-state index in [0.29, 0.717) is 0 Å².